The molecule has 0 spiro atoms. The SMILES string of the molecule is CC[C@H](c1ccccc1)[C@@H]1CCCN1C(=O)c1ccc(OCc2cscn2)c(OC)c1. The summed E-state index contributed by atoms with van der Waals surface area (Å²) < 4.78 is 11.4. The van der Waals surface area contributed by atoms with Crippen LogP contribution >= 0.6 is 11.3 Å². The standard InChI is InChI=1S/C25H28N2O3S/c1-3-21(18-8-5-4-6-9-18)22-10-7-13-27(22)25(28)19-11-12-23(24(14-19)29-2)30-15-20-16-31-17-26-20/h4-6,8-9,11-12,14,16-17,21-22H,3,7,10,13,15H2,1-2H3/t21-,22+/m1/s1. The molecule has 2 aromatic carbocycles. The van der Waals surface area contributed by atoms with Gasteiger partial charge in [-0.25, -0.2) is 4.98 Å². The van der Waals surface area contributed by atoms with Crippen molar-refractivity contribution in [1.29, 1.82) is 0 Å². The lowest BCUT2D eigenvalue weighted by Crippen LogP contribution is -2.39. The van der Waals surface area contributed by atoms with Crippen molar-refractivity contribution >= 4 is 17.2 Å². The van der Waals surface area contributed by atoms with Gasteiger partial charge in [0, 0.05) is 29.4 Å². The maximum absolute atomic E-state index is 13.5. The molecular weight excluding hydrogens is 408 g/mol. The first-order chi connectivity index (χ1) is 15.2. The minimum Gasteiger partial charge on any atom is -0.493 e. The molecule has 0 bridgehead atoms. The van der Waals surface area contributed by atoms with Gasteiger partial charge in [0.1, 0.15) is 6.61 Å². The Morgan fingerprint density at radius 1 is 1.23 bits per heavy atom. The molecule has 1 aliphatic rings. The van der Waals surface area contributed by atoms with Crippen LogP contribution in [0.1, 0.15) is 53.7 Å². The normalized spacial score (nSPS) is 16.8. The second-order valence-electron chi connectivity index (χ2n) is 7.77. The molecule has 1 aromatic heterocycles. The fraction of sp³-hybridized carbons (Fsp3) is 0.360. The lowest BCUT2D eigenvalue weighted by atomic mass is 9.87. The van der Waals surface area contributed by atoms with Crippen molar-refractivity contribution < 1.29 is 14.3 Å². The van der Waals surface area contributed by atoms with E-state index in [2.05, 4.69) is 36.2 Å². The predicted molar refractivity (Wildman–Crippen MR) is 123 cm³/mol. The van der Waals surface area contributed by atoms with E-state index in [0.717, 1.165) is 31.5 Å². The third-order valence-corrected chi connectivity index (χ3v) is 6.60. The molecule has 0 unspecified atom stereocenters. The number of carbonyl (C=O) groups excluding carboxylic acids is 1. The molecule has 6 heteroatoms. The highest BCUT2D eigenvalue weighted by atomic mass is 32.1. The number of carbonyl (C=O) groups is 1. The Balaban J connectivity index is 1.52. The molecule has 0 saturated carbocycles. The molecule has 1 fully saturated rings. The Morgan fingerprint density at radius 3 is 2.77 bits per heavy atom. The van der Waals surface area contributed by atoms with Crippen molar-refractivity contribution in [1.82, 2.24) is 9.88 Å². The molecule has 31 heavy (non-hydrogen) atoms. The van der Waals surface area contributed by atoms with Gasteiger partial charge >= 0.3 is 0 Å². The average Bonchev–Trinajstić information content (AvgIpc) is 3.51. The van der Waals surface area contributed by atoms with Gasteiger partial charge in [0.25, 0.3) is 5.91 Å². The molecule has 1 aliphatic heterocycles. The van der Waals surface area contributed by atoms with Crippen LogP contribution in [-0.2, 0) is 6.61 Å². The van der Waals surface area contributed by atoms with Crippen molar-refractivity contribution in [2.45, 2.75) is 44.8 Å². The molecule has 0 N–H and O–H groups in total. The molecule has 0 aliphatic carbocycles. The highest BCUT2D eigenvalue weighted by Gasteiger charge is 2.35. The smallest absolute Gasteiger partial charge is 0.254 e. The summed E-state index contributed by atoms with van der Waals surface area (Å²) in [5, 5.41) is 1.95. The molecule has 0 radical (unpaired) electrons. The van der Waals surface area contributed by atoms with Gasteiger partial charge in [0.05, 0.1) is 18.3 Å². The van der Waals surface area contributed by atoms with Crippen LogP contribution in [0.4, 0.5) is 0 Å². The third-order valence-electron chi connectivity index (χ3n) is 5.96. The number of thiazole rings is 1. The third kappa shape index (κ3) is 4.74. The van der Waals surface area contributed by atoms with Crippen LogP contribution in [0, 0.1) is 0 Å². The molecule has 4 rings (SSSR count). The maximum Gasteiger partial charge on any atom is 0.254 e. The number of amides is 1. The molecule has 1 amide bonds. The highest BCUT2D eigenvalue weighted by molar-refractivity contribution is 7.07. The number of methoxy groups -OCH3 is 1. The van der Waals surface area contributed by atoms with Crippen LogP contribution in [0.3, 0.4) is 0 Å². The number of benzene rings is 2. The summed E-state index contributed by atoms with van der Waals surface area (Å²) in [6.07, 6.45) is 3.07. The summed E-state index contributed by atoms with van der Waals surface area (Å²) >= 11 is 1.54. The van der Waals surface area contributed by atoms with E-state index in [1.807, 2.05) is 28.5 Å². The molecule has 5 nitrogen and oxygen atoms in total. The fourth-order valence-electron chi connectivity index (χ4n) is 4.44. The summed E-state index contributed by atoms with van der Waals surface area (Å²) in [5.41, 5.74) is 4.59. The van der Waals surface area contributed by atoms with Crippen molar-refractivity contribution in [2.75, 3.05) is 13.7 Å². The summed E-state index contributed by atoms with van der Waals surface area (Å²) in [6, 6.07) is 16.2. The van der Waals surface area contributed by atoms with Crippen molar-refractivity contribution in [3.8, 4) is 11.5 Å². The molecule has 2 atom stereocenters. The lowest BCUT2D eigenvalue weighted by molar-refractivity contribution is 0.0714. The Kier molecular flexibility index (Phi) is 6.87. The topological polar surface area (TPSA) is 51.7 Å². The molecule has 162 valence electrons. The van der Waals surface area contributed by atoms with Gasteiger partial charge in [-0.1, -0.05) is 37.3 Å². The first-order valence-corrected chi connectivity index (χ1v) is 11.7. The number of ether oxygens (including phenoxy) is 2. The van der Waals surface area contributed by atoms with Crippen LogP contribution < -0.4 is 9.47 Å². The number of hydrogen-bond acceptors (Lipinski definition) is 5. The van der Waals surface area contributed by atoms with E-state index in [0.29, 0.717) is 29.6 Å². The molecule has 2 heterocycles. The van der Waals surface area contributed by atoms with E-state index < -0.39 is 0 Å². The first-order valence-electron chi connectivity index (χ1n) is 10.7. The van der Waals surface area contributed by atoms with Crippen LogP contribution in [0.15, 0.2) is 59.4 Å². The average molecular weight is 437 g/mol. The zero-order chi connectivity index (χ0) is 21.6. The number of likely N-dealkylation sites (tertiary alicyclic amines) is 1. The second-order valence-corrected chi connectivity index (χ2v) is 8.49. The molecule has 1 saturated heterocycles. The van der Waals surface area contributed by atoms with Crippen LogP contribution in [0.2, 0.25) is 0 Å². The van der Waals surface area contributed by atoms with Gasteiger partial charge in [-0.3, -0.25) is 4.79 Å². The first kappa shape index (κ1) is 21.4. The quantitative estimate of drug-likeness (QED) is 0.466. The Bertz CT molecular complexity index is 991. The number of aromatic nitrogens is 1. The number of rotatable bonds is 8. The minimum atomic E-state index is 0.0567. The summed E-state index contributed by atoms with van der Waals surface area (Å²) in [5.74, 6) is 1.57. The van der Waals surface area contributed by atoms with E-state index in [1.54, 1.807) is 18.7 Å². The lowest BCUT2D eigenvalue weighted by Gasteiger charge is -2.32. The highest BCUT2D eigenvalue weighted by Crippen LogP contribution is 2.36. The van der Waals surface area contributed by atoms with Gasteiger partial charge in [-0.15, -0.1) is 11.3 Å². The number of nitrogens with zero attached hydrogens (tertiary/aromatic N) is 2. The largest absolute Gasteiger partial charge is 0.493 e. The van der Waals surface area contributed by atoms with E-state index in [-0.39, 0.29) is 11.9 Å². The van der Waals surface area contributed by atoms with E-state index >= 15 is 0 Å². The van der Waals surface area contributed by atoms with Gasteiger partial charge < -0.3 is 14.4 Å². The molecular formula is C25H28N2O3S. The predicted octanol–water partition coefficient (Wildman–Crippen LogP) is 5.53. The monoisotopic (exact) mass is 436 g/mol. The Morgan fingerprint density at radius 2 is 2.06 bits per heavy atom. The van der Waals surface area contributed by atoms with Crippen molar-refractivity contribution in [3.05, 3.63) is 76.2 Å². The van der Waals surface area contributed by atoms with Gasteiger partial charge in [0.15, 0.2) is 11.5 Å². The Hall–Kier alpha value is -2.86. The summed E-state index contributed by atoms with van der Waals surface area (Å²) in [6.45, 7) is 3.37. The van der Waals surface area contributed by atoms with Crippen LogP contribution in [-0.4, -0.2) is 35.5 Å². The summed E-state index contributed by atoms with van der Waals surface area (Å²) in [4.78, 5) is 19.7. The van der Waals surface area contributed by atoms with E-state index in [4.69, 9.17) is 9.47 Å². The second kappa shape index (κ2) is 9.96. The van der Waals surface area contributed by atoms with Crippen LogP contribution in [0.25, 0.3) is 0 Å². The zero-order valence-electron chi connectivity index (χ0n) is 18.0. The summed E-state index contributed by atoms with van der Waals surface area (Å²) in [7, 11) is 1.60. The van der Waals surface area contributed by atoms with Crippen molar-refractivity contribution in [3.63, 3.8) is 0 Å². The van der Waals surface area contributed by atoms with Crippen molar-refractivity contribution in [2.24, 2.45) is 0 Å². The zero-order valence-corrected chi connectivity index (χ0v) is 18.8. The fourth-order valence-corrected chi connectivity index (χ4v) is 4.98. The maximum atomic E-state index is 13.5. The van der Waals surface area contributed by atoms with E-state index in [9.17, 15) is 4.79 Å². The van der Waals surface area contributed by atoms with Gasteiger partial charge in [-0.2, -0.15) is 0 Å². The van der Waals surface area contributed by atoms with E-state index in [1.165, 1.54) is 16.9 Å². The molecule has 3 aromatic rings. The van der Waals surface area contributed by atoms with Gasteiger partial charge in [-0.05, 0) is 43.0 Å². The van der Waals surface area contributed by atoms with Crippen LogP contribution in [0.5, 0.6) is 11.5 Å². The Labute approximate surface area is 187 Å². The minimum absolute atomic E-state index is 0.0567. The van der Waals surface area contributed by atoms with Gasteiger partial charge in [0.2, 0.25) is 0 Å². The number of hydrogen-bond donors (Lipinski definition) is 0.